The van der Waals surface area contributed by atoms with Gasteiger partial charge in [-0.25, -0.2) is 0 Å². The van der Waals surface area contributed by atoms with Crippen molar-refractivity contribution < 1.29 is 46.6 Å². The number of rotatable bonds is 0. The Labute approximate surface area is 47.0 Å². The molecule has 0 aliphatic heterocycles. The average molecular weight is 174 g/mol. The number of hydrogen-bond donors (Lipinski definition) is 2. The Hall–Kier alpha value is 0.572. The van der Waals surface area contributed by atoms with E-state index in [0.717, 1.165) is 0 Å². The third kappa shape index (κ3) is 178. The molecule has 0 aromatic rings. The Balaban J connectivity index is 0. The van der Waals surface area contributed by atoms with Crippen LogP contribution in [0.15, 0.2) is 0 Å². The molecule has 6 heavy (non-hydrogen) atoms. The van der Waals surface area contributed by atoms with E-state index in [9.17, 15) is 0 Å². The molecular formula is H2CrFeO4. The zero-order valence-corrected chi connectivity index (χ0v) is 4.85. The van der Waals surface area contributed by atoms with Crippen LogP contribution < -0.4 is 0 Å². The summed E-state index contributed by atoms with van der Waals surface area (Å²) in [7, 11) is 0. The van der Waals surface area contributed by atoms with Crippen molar-refractivity contribution >= 4 is 0 Å². The predicted octanol–water partition coefficient (Wildman–Crippen LogP) is -1.36. The fourth-order valence-electron chi connectivity index (χ4n) is 0. The van der Waals surface area contributed by atoms with Crippen LogP contribution in [0.2, 0.25) is 0 Å². The Kier molecular flexibility index (Phi) is 4.39. The molecule has 4 nitrogen and oxygen atoms in total. The first-order chi connectivity index (χ1) is 2.00. The van der Waals surface area contributed by atoms with Crippen LogP contribution in [-0.2, 0) is 38.3 Å². The van der Waals surface area contributed by atoms with E-state index in [4.69, 9.17) is 15.9 Å². The van der Waals surface area contributed by atoms with Crippen LogP contribution in [-0.4, -0.2) is 8.32 Å². The normalized spacial score (nSPS) is 9.67. The van der Waals surface area contributed by atoms with Gasteiger partial charge in [0.1, 0.15) is 0 Å². The average Bonchev–Trinajstić information content (AvgIpc) is 0.722. The van der Waals surface area contributed by atoms with Gasteiger partial charge in [-0.1, -0.05) is 0 Å². The topological polar surface area (TPSA) is 74.6 Å². The molecule has 0 aromatic carbocycles. The minimum absolute atomic E-state index is 0. The van der Waals surface area contributed by atoms with Crippen LogP contribution in [0.5, 0.6) is 0 Å². The number of hydrogen-bond acceptors (Lipinski definition) is 2. The van der Waals surface area contributed by atoms with E-state index in [0.29, 0.717) is 0 Å². The molecule has 0 heterocycles. The zero-order chi connectivity index (χ0) is 4.50. The van der Waals surface area contributed by atoms with Crippen molar-refractivity contribution in [3.05, 3.63) is 0 Å². The quantitative estimate of drug-likeness (QED) is 0.444. The van der Waals surface area contributed by atoms with Crippen molar-refractivity contribution in [2.24, 2.45) is 0 Å². The fourth-order valence-corrected chi connectivity index (χ4v) is 0. The van der Waals surface area contributed by atoms with E-state index in [1.807, 2.05) is 0 Å². The molecule has 0 aliphatic rings. The molecule has 2 N–H and O–H groups in total. The van der Waals surface area contributed by atoms with Crippen LogP contribution in [0.1, 0.15) is 0 Å². The third-order valence-electron chi connectivity index (χ3n) is 0. The molecule has 0 atom stereocenters. The van der Waals surface area contributed by atoms with Gasteiger partial charge in [0, 0.05) is 17.1 Å². The molecule has 40 valence electrons. The van der Waals surface area contributed by atoms with Gasteiger partial charge in [-0.3, -0.25) is 0 Å². The molecule has 0 saturated heterocycles. The molecule has 0 spiro atoms. The van der Waals surface area contributed by atoms with Gasteiger partial charge in [-0.2, -0.15) is 0 Å². The minimum atomic E-state index is -5.25. The van der Waals surface area contributed by atoms with Gasteiger partial charge in [0.05, 0.1) is 0 Å². The van der Waals surface area contributed by atoms with Crippen LogP contribution in [0.25, 0.3) is 0 Å². The summed E-state index contributed by atoms with van der Waals surface area (Å²) in [4.78, 5) is 0. The summed E-state index contributed by atoms with van der Waals surface area (Å²) >= 11 is -5.25. The first-order valence-electron chi connectivity index (χ1n) is 0.698. The van der Waals surface area contributed by atoms with E-state index in [1.54, 1.807) is 0 Å². The summed E-state index contributed by atoms with van der Waals surface area (Å²) in [5, 5.41) is 0. The van der Waals surface area contributed by atoms with E-state index in [2.05, 4.69) is 0 Å². The third-order valence-corrected chi connectivity index (χ3v) is 0. The molecule has 0 fully saturated rings. The standard InChI is InChI=1S/Cr.Fe.2H2O.2O/h;;2*1H2;;/q+2;;;;;/p-2. The maximum absolute atomic E-state index is 8.82. The Bertz CT molecular complexity index is 90.7. The van der Waals surface area contributed by atoms with Gasteiger partial charge in [0.15, 0.2) is 0 Å². The van der Waals surface area contributed by atoms with E-state index in [1.165, 1.54) is 0 Å². The SMILES string of the molecule is [Fe].[O]=[Cr](=[O])([OH])[OH]. The van der Waals surface area contributed by atoms with Crippen molar-refractivity contribution in [2.45, 2.75) is 0 Å². The first-order valence-corrected chi connectivity index (χ1v) is 2.88. The molecule has 0 amide bonds. The first kappa shape index (κ1) is 9.76. The van der Waals surface area contributed by atoms with Crippen LogP contribution in [0, 0.1) is 0 Å². The molecule has 0 saturated carbocycles. The van der Waals surface area contributed by atoms with Gasteiger partial charge in [-0.15, -0.1) is 0 Å². The van der Waals surface area contributed by atoms with Crippen LogP contribution >= 0.6 is 0 Å². The second-order valence-corrected chi connectivity index (χ2v) is 1.85. The van der Waals surface area contributed by atoms with Crippen molar-refractivity contribution in [1.82, 2.24) is 0 Å². The van der Waals surface area contributed by atoms with Crippen molar-refractivity contribution in [2.75, 3.05) is 0 Å². The second kappa shape index (κ2) is 2.70. The Morgan fingerprint density at radius 1 is 1.17 bits per heavy atom. The Morgan fingerprint density at radius 2 is 1.17 bits per heavy atom. The second-order valence-electron chi connectivity index (χ2n) is 0.448. The Morgan fingerprint density at radius 3 is 1.17 bits per heavy atom. The van der Waals surface area contributed by atoms with Crippen LogP contribution in [0.3, 0.4) is 0 Å². The van der Waals surface area contributed by atoms with Gasteiger partial charge < -0.3 is 0 Å². The van der Waals surface area contributed by atoms with Crippen LogP contribution in [0.4, 0.5) is 0 Å². The summed E-state index contributed by atoms with van der Waals surface area (Å²) in [5.41, 5.74) is 0. The van der Waals surface area contributed by atoms with Crippen molar-refractivity contribution in [1.29, 1.82) is 0 Å². The summed E-state index contributed by atoms with van der Waals surface area (Å²) < 4.78 is 31.9. The van der Waals surface area contributed by atoms with Crippen molar-refractivity contribution in [3.8, 4) is 0 Å². The molecule has 0 rings (SSSR count). The van der Waals surface area contributed by atoms with E-state index >= 15 is 0 Å². The monoisotopic (exact) mass is 174 g/mol. The molecule has 0 unspecified atom stereocenters. The summed E-state index contributed by atoms with van der Waals surface area (Å²) in [6, 6.07) is 0. The molecule has 0 bridgehead atoms. The zero-order valence-electron chi connectivity index (χ0n) is 2.47. The van der Waals surface area contributed by atoms with Gasteiger partial charge in [0.2, 0.25) is 0 Å². The van der Waals surface area contributed by atoms with E-state index < -0.39 is 13.6 Å². The van der Waals surface area contributed by atoms with Crippen molar-refractivity contribution in [3.63, 3.8) is 0 Å². The summed E-state index contributed by atoms with van der Waals surface area (Å²) in [6.07, 6.45) is 0. The molecular weight excluding hydrogens is 172 g/mol. The van der Waals surface area contributed by atoms with Gasteiger partial charge in [-0.05, 0) is 0 Å². The van der Waals surface area contributed by atoms with Gasteiger partial charge >= 0.3 is 29.5 Å². The molecule has 0 radical (unpaired) electrons. The van der Waals surface area contributed by atoms with E-state index in [-0.39, 0.29) is 17.1 Å². The van der Waals surface area contributed by atoms with Gasteiger partial charge in [0.25, 0.3) is 0 Å². The predicted molar refractivity (Wildman–Crippen MR) is 5.81 cm³/mol. The summed E-state index contributed by atoms with van der Waals surface area (Å²) in [6.45, 7) is 0. The molecule has 6 heteroatoms. The maximum atomic E-state index is 8.82. The molecule has 0 aliphatic carbocycles. The molecule has 0 aromatic heterocycles. The summed E-state index contributed by atoms with van der Waals surface area (Å²) in [5.74, 6) is 0. The fraction of sp³-hybridized carbons (Fsp3) is 0.